The molecule has 0 bridgehead atoms. The largest absolute Gasteiger partial charge is 0.397 e. The SMILES string of the molecule is Nc1cc(F)c(Br)cc1N1CCCN2CCCC2C1. The van der Waals surface area contributed by atoms with Crippen molar-refractivity contribution in [3.05, 3.63) is 22.4 Å². The zero-order valence-electron chi connectivity index (χ0n) is 10.9. The van der Waals surface area contributed by atoms with Crippen LogP contribution in [0.2, 0.25) is 0 Å². The fourth-order valence-electron chi connectivity index (χ4n) is 3.25. The lowest BCUT2D eigenvalue weighted by Gasteiger charge is -2.28. The van der Waals surface area contributed by atoms with Gasteiger partial charge >= 0.3 is 0 Å². The van der Waals surface area contributed by atoms with Crippen LogP contribution >= 0.6 is 15.9 Å². The molecule has 3 rings (SSSR count). The number of fused-ring (bicyclic) bond motifs is 1. The van der Waals surface area contributed by atoms with Crippen molar-refractivity contribution >= 4 is 27.3 Å². The molecule has 104 valence electrons. The summed E-state index contributed by atoms with van der Waals surface area (Å²) in [5.41, 5.74) is 7.49. The molecule has 2 N–H and O–H groups in total. The van der Waals surface area contributed by atoms with Gasteiger partial charge in [-0.15, -0.1) is 0 Å². The van der Waals surface area contributed by atoms with Crippen LogP contribution in [0.5, 0.6) is 0 Å². The summed E-state index contributed by atoms with van der Waals surface area (Å²) < 4.78 is 14.0. The molecule has 0 radical (unpaired) electrons. The molecule has 1 unspecified atom stereocenters. The number of nitrogen functional groups attached to an aromatic ring is 1. The third-order valence-corrected chi connectivity index (χ3v) is 4.82. The van der Waals surface area contributed by atoms with Crippen molar-refractivity contribution in [2.24, 2.45) is 0 Å². The van der Waals surface area contributed by atoms with E-state index in [2.05, 4.69) is 25.7 Å². The average molecular weight is 328 g/mol. The lowest BCUT2D eigenvalue weighted by Crippen LogP contribution is -2.36. The number of hydrogen-bond donors (Lipinski definition) is 1. The van der Waals surface area contributed by atoms with E-state index in [1.807, 2.05) is 6.07 Å². The summed E-state index contributed by atoms with van der Waals surface area (Å²) in [5.74, 6) is -0.293. The van der Waals surface area contributed by atoms with Crippen LogP contribution in [0.3, 0.4) is 0 Å². The van der Waals surface area contributed by atoms with Crippen molar-refractivity contribution in [2.45, 2.75) is 25.3 Å². The van der Waals surface area contributed by atoms with Gasteiger partial charge in [-0.25, -0.2) is 4.39 Å². The van der Waals surface area contributed by atoms with E-state index in [9.17, 15) is 4.39 Å². The molecule has 0 amide bonds. The minimum Gasteiger partial charge on any atom is -0.397 e. The average Bonchev–Trinajstić information content (AvgIpc) is 2.71. The minimum absolute atomic E-state index is 0.293. The molecule has 19 heavy (non-hydrogen) atoms. The number of hydrogen-bond acceptors (Lipinski definition) is 3. The van der Waals surface area contributed by atoms with Crippen molar-refractivity contribution < 1.29 is 4.39 Å². The van der Waals surface area contributed by atoms with E-state index in [1.165, 1.54) is 32.0 Å². The first-order valence-electron chi connectivity index (χ1n) is 6.88. The molecule has 0 spiro atoms. The molecule has 3 nitrogen and oxygen atoms in total. The molecule has 2 aliphatic rings. The summed E-state index contributed by atoms with van der Waals surface area (Å²) in [6, 6.07) is 3.86. The summed E-state index contributed by atoms with van der Waals surface area (Å²) in [7, 11) is 0. The predicted molar refractivity (Wildman–Crippen MR) is 79.9 cm³/mol. The molecule has 1 aromatic rings. The van der Waals surface area contributed by atoms with E-state index in [1.54, 1.807) is 0 Å². The van der Waals surface area contributed by atoms with Crippen LogP contribution < -0.4 is 10.6 Å². The lowest BCUT2D eigenvalue weighted by molar-refractivity contribution is 0.273. The second kappa shape index (κ2) is 5.29. The van der Waals surface area contributed by atoms with Gasteiger partial charge in [-0.1, -0.05) is 0 Å². The number of anilines is 2. The Kier molecular flexibility index (Phi) is 3.67. The van der Waals surface area contributed by atoms with Crippen LogP contribution in [0.15, 0.2) is 16.6 Å². The van der Waals surface area contributed by atoms with Gasteiger partial charge in [0.25, 0.3) is 0 Å². The summed E-state index contributed by atoms with van der Waals surface area (Å²) in [6.07, 6.45) is 3.70. The van der Waals surface area contributed by atoms with E-state index in [-0.39, 0.29) is 5.82 Å². The number of nitrogens with zero attached hydrogens (tertiary/aromatic N) is 2. The number of benzene rings is 1. The summed E-state index contributed by atoms with van der Waals surface area (Å²) in [4.78, 5) is 4.89. The van der Waals surface area contributed by atoms with Gasteiger partial charge in [0.05, 0.1) is 15.8 Å². The van der Waals surface area contributed by atoms with Crippen LogP contribution in [-0.2, 0) is 0 Å². The molecule has 0 aromatic heterocycles. The number of halogens is 2. The Hall–Kier alpha value is -0.810. The van der Waals surface area contributed by atoms with Crippen molar-refractivity contribution in [2.75, 3.05) is 36.8 Å². The van der Waals surface area contributed by atoms with Gasteiger partial charge < -0.3 is 10.6 Å². The van der Waals surface area contributed by atoms with Gasteiger partial charge in [-0.2, -0.15) is 0 Å². The van der Waals surface area contributed by atoms with Crippen molar-refractivity contribution in [3.8, 4) is 0 Å². The standard InChI is InChI=1S/C14H19BrFN3/c15-11-7-14(13(17)8-12(11)16)19-6-2-5-18-4-1-3-10(18)9-19/h7-8,10H,1-6,9,17H2. The Morgan fingerprint density at radius 3 is 2.84 bits per heavy atom. The number of rotatable bonds is 1. The molecule has 2 heterocycles. The molecular weight excluding hydrogens is 309 g/mol. The van der Waals surface area contributed by atoms with Crippen LogP contribution in [0.1, 0.15) is 19.3 Å². The highest BCUT2D eigenvalue weighted by Gasteiger charge is 2.29. The van der Waals surface area contributed by atoms with Gasteiger partial charge in [-0.3, -0.25) is 4.90 Å². The first-order chi connectivity index (χ1) is 9.15. The summed E-state index contributed by atoms with van der Waals surface area (Å²) in [6.45, 7) is 4.39. The second-order valence-corrected chi connectivity index (χ2v) is 6.31. The molecule has 2 aliphatic heterocycles. The van der Waals surface area contributed by atoms with Gasteiger partial charge in [-0.05, 0) is 47.8 Å². The monoisotopic (exact) mass is 327 g/mol. The maximum absolute atomic E-state index is 13.5. The zero-order chi connectivity index (χ0) is 13.4. The third kappa shape index (κ3) is 2.58. The quantitative estimate of drug-likeness (QED) is 0.805. The highest BCUT2D eigenvalue weighted by Crippen LogP contribution is 2.32. The summed E-state index contributed by atoms with van der Waals surface area (Å²) in [5, 5.41) is 0. The van der Waals surface area contributed by atoms with Crippen LogP contribution in [0, 0.1) is 5.82 Å². The highest BCUT2D eigenvalue weighted by molar-refractivity contribution is 9.10. The topological polar surface area (TPSA) is 32.5 Å². The Morgan fingerprint density at radius 2 is 2.00 bits per heavy atom. The Bertz CT molecular complexity index is 480. The molecule has 5 heteroatoms. The van der Waals surface area contributed by atoms with Crippen molar-refractivity contribution in [1.82, 2.24) is 4.90 Å². The smallest absolute Gasteiger partial charge is 0.139 e. The Balaban J connectivity index is 1.86. The van der Waals surface area contributed by atoms with E-state index in [0.717, 1.165) is 25.2 Å². The van der Waals surface area contributed by atoms with Gasteiger partial charge in [0, 0.05) is 31.7 Å². The normalized spacial score (nSPS) is 24.3. The van der Waals surface area contributed by atoms with E-state index in [0.29, 0.717) is 16.2 Å². The Morgan fingerprint density at radius 1 is 1.21 bits per heavy atom. The lowest BCUT2D eigenvalue weighted by atomic mass is 10.2. The molecular formula is C14H19BrFN3. The summed E-state index contributed by atoms with van der Waals surface area (Å²) >= 11 is 3.26. The maximum atomic E-state index is 13.5. The predicted octanol–water partition coefficient (Wildman–Crippen LogP) is 2.84. The van der Waals surface area contributed by atoms with Crippen LogP contribution in [-0.4, -0.2) is 37.1 Å². The molecule has 2 fully saturated rings. The first-order valence-corrected chi connectivity index (χ1v) is 7.68. The maximum Gasteiger partial charge on any atom is 0.139 e. The van der Waals surface area contributed by atoms with Gasteiger partial charge in [0.1, 0.15) is 5.82 Å². The molecule has 0 aliphatic carbocycles. The molecule has 2 saturated heterocycles. The van der Waals surface area contributed by atoms with Gasteiger partial charge in [0.2, 0.25) is 0 Å². The Labute approximate surface area is 121 Å². The minimum atomic E-state index is -0.293. The number of nitrogens with two attached hydrogens (primary N) is 1. The van der Waals surface area contributed by atoms with Crippen molar-refractivity contribution in [1.29, 1.82) is 0 Å². The zero-order valence-corrected chi connectivity index (χ0v) is 12.5. The molecule has 1 atom stereocenters. The van der Waals surface area contributed by atoms with E-state index >= 15 is 0 Å². The van der Waals surface area contributed by atoms with Gasteiger partial charge in [0.15, 0.2) is 0 Å². The highest BCUT2D eigenvalue weighted by atomic mass is 79.9. The fourth-order valence-corrected chi connectivity index (χ4v) is 3.58. The molecule has 0 saturated carbocycles. The van der Waals surface area contributed by atoms with Crippen LogP contribution in [0.25, 0.3) is 0 Å². The molecule has 1 aromatic carbocycles. The third-order valence-electron chi connectivity index (χ3n) is 4.21. The van der Waals surface area contributed by atoms with Crippen LogP contribution in [0.4, 0.5) is 15.8 Å². The fraction of sp³-hybridized carbons (Fsp3) is 0.571. The van der Waals surface area contributed by atoms with E-state index < -0.39 is 0 Å². The second-order valence-electron chi connectivity index (χ2n) is 5.46. The van der Waals surface area contributed by atoms with Crippen molar-refractivity contribution in [3.63, 3.8) is 0 Å². The van der Waals surface area contributed by atoms with E-state index in [4.69, 9.17) is 5.73 Å². The first kappa shape index (κ1) is 13.2.